The fraction of sp³-hybridized carbons (Fsp3) is 0.294. The van der Waals surface area contributed by atoms with Gasteiger partial charge in [0, 0.05) is 31.1 Å². The van der Waals surface area contributed by atoms with Crippen molar-refractivity contribution < 1.29 is 9.21 Å². The molecule has 4 rings (SSSR count). The molecule has 1 aromatic carbocycles. The molecule has 24 heavy (non-hydrogen) atoms. The number of fused-ring (bicyclic) bond motifs is 1. The number of piperazine rings is 1. The van der Waals surface area contributed by atoms with Crippen LogP contribution in [0.1, 0.15) is 10.6 Å². The Morgan fingerprint density at radius 1 is 1.21 bits per heavy atom. The highest BCUT2D eigenvalue weighted by Crippen LogP contribution is 2.34. The van der Waals surface area contributed by atoms with Crippen LogP contribution in [0.3, 0.4) is 0 Å². The van der Waals surface area contributed by atoms with Crippen molar-refractivity contribution in [2.24, 2.45) is 0 Å². The zero-order valence-corrected chi connectivity index (χ0v) is 14.9. The number of carbonyl (C=O) groups excluding carboxylic acids is 1. The lowest BCUT2D eigenvalue weighted by atomic mass is 10.3. The molecule has 0 bridgehead atoms. The largest absolute Gasteiger partial charge is 0.459 e. The van der Waals surface area contributed by atoms with Gasteiger partial charge in [-0.2, -0.15) is 0 Å². The Kier molecular flexibility index (Phi) is 4.20. The van der Waals surface area contributed by atoms with Crippen molar-refractivity contribution >= 4 is 44.4 Å². The normalized spacial score (nSPS) is 15.2. The van der Waals surface area contributed by atoms with Crippen molar-refractivity contribution in [2.45, 2.75) is 4.90 Å². The summed E-state index contributed by atoms with van der Waals surface area (Å²) >= 11 is 3.44. The standard InChI is InChI=1S/C17H17N3O2S2/c1-23-13-5-2-6-14-15(13)18-17(24-14)20-9-7-19(8-10-20)16(21)12-4-3-11-22-12/h2-6,11H,7-10H2,1H3. The van der Waals surface area contributed by atoms with E-state index in [0.717, 1.165) is 23.7 Å². The van der Waals surface area contributed by atoms with Gasteiger partial charge in [-0.1, -0.05) is 17.4 Å². The molecule has 124 valence electrons. The van der Waals surface area contributed by atoms with Gasteiger partial charge in [-0.3, -0.25) is 4.79 Å². The third-order valence-corrected chi connectivity index (χ3v) is 6.01. The number of benzene rings is 1. The molecule has 0 unspecified atom stereocenters. The van der Waals surface area contributed by atoms with Crippen LogP contribution in [0.15, 0.2) is 45.9 Å². The zero-order chi connectivity index (χ0) is 16.5. The average Bonchev–Trinajstić information content (AvgIpc) is 3.30. The van der Waals surface area contributed by atoms with Crippen molar-refractivity contribution in [1.82, 2.24) is 9.88 Å². The van der Waals surface area contributed by atoms with E-state index in [1.165, 1.54) is 15.9 Å². The van der Waals surface area contributed by atoms with Crippen LogP contribution in [0.2, 0.25) is 0 Å². The Labute approximate surface area is 148 Å². The molecule has 0 N–H and O–H groups in total. The molecule has 5 nitrogen and oxygen atoms in total. The summed E-state index contributed by atoms with van der Waals surface area (Å²) < 4.78 is 6.42. The van der Waals surface area contributed by atoms with Crippen LogP contribution in [0.4, 0.5) is 5.13 Å². The number of amides is 1. The second-order valence-electron chi connectivity index (χ2n) is 5.56. The van der Waals surface area contributed by atoms with Gasteiger partial charge in [-0.15, -0.1) is 11.8 Å². The summed E-state index contributed by atoms with van der Waals surface area (Å²) in [5.74, 6) is 0.377. The van der Waals surface area contributed by atoms with Crippen molar-refractivity contribution in [3.63, 3.8) is 0 Å². The van der Waals surface area contributed by atoms with Crippen LogP contribution >= 0.6 is 23.1 Å². The van der Waals surface area contributed by atoms with Crippen molar-refractivity contribution in [2.75, 3.05) is 37.3 Å². The lowest BCUT2D eigenvalue weighted by molar-refractivity contribution is 0.0714. The quantitative estimate of drug-likeness (QED) is 0.669. The average molecular weight is 359 g/mol. The van der Waals surface area contributed by atoms with Gasteiger partial charge in [0.25, 0.3) is 5.91 Å². The van der Waals surface area contributed by atoms with Crippen molar-refractivity contribution in [3.05, 3.63) is 42.4 Å². The molecule has 1 amide bonds. The van der Waals surface area contributed by atoms with Gasteiger partial charge in [-0.25, -0.2) is 4.98 Å². The van der Waals surface area contributed by atoms with Gasteiger partial charge in [0.1, 0.15) is 0 Å². The third-order valence-electron chi connectivity index (χ3n) is 4.16. The Hall–Kier alpha value is -1.99. The fourth-order valence-corrected chi connectivity index (χ4v) is 4.54. The van der Waals surface area contributed by atoms with Crippen LogP contribution in [-0.2, 0) is 0 Å². The Balaban J connectivity index is 1.49. The minimum Gasteiger partial charge on any atom is -0.459 e. The van der Waals surface area contributed by atoms with E-state index in [-0.39, 0.29) is 5.91 Å². The molecular weight excluding hydrogens is 342 g/mol. The number of rotatable bonds is 3. The van der Waals surface area contributed by atoms with Crippen molar-refractivity contribution in [3.8, 4) is 0 Å². The second kappa shape index (κ2) is 6.49. The summed E-state index contributed by atoms with van der Waals surface area (Å²) in [6.07, 6.45) is 3.61. The van der Waals surface area contributed by atoms with E-state index < -0.39 is 0 Å². The molecule has 0 saturated carbocycles. The van der Waals surface area contributed by atoms with E-state index in [1.807, 2.05) is 4.90 Å². The first-order valence-electron chi connectivity index (χ1n) is 7.77. The Bertz CT molecular complexity index is 852. The number of anilines is 1. The van der Waals surface area contributed by atoms with Crippen LogP contribution in [0.25, 0.3) is 10.2 Å². The van der Waals surface area contributed by atoms with Crippen LogP contribution in [-0.4, -0.2) is 48.2 Å². The number of nitrogens with zero attached hydrogens (tertiary/aromatic N) is 3. The molecule has 2 aromatic heterocycles. The monoisotopic (exact) mass is 359 g/mol. The van der Waals surface area contributed by atoms with E-state index in [4.69, 9.17) is 9.40 Å². The number of aromatic nitrogens is 1. The van der Waals surface area contributed by atoms with E-state index in [0.29, 0.717) is 18.8 Å². The van der Waals surface area contributed by atoms with Crippen LogP contribution < -0.4 is 4.90 Å². The summed E-state index contributed by atoms with van der Waals surface area (Å²) in [5.41, 5.74) is 1.08. The highest BCUT2D eigenvalue weighted by Gasteiger charge is 2.25. The maximum atomic E-state index is 12.3. The molecule has 3 heterocycles. The lowest BCUT2D eigenvalue weighted by Gasteiger charge is -2.34. The third kappa shape index (κ3) is 2.78. The molecule has 0 radical (unpaired) electrons. The number of hydrogen-bond acceptors (Lipinski definition) is 6. The highest BCUT2D eigenvalue weighted by molar-refractivity contribution is 7.98. The number of thiazole rings is 1. The number of thioether (sulfide) groups is 1. The summed E-state index contributed by atoms with van der Waals surface area (Å²) in [4.78, 5) is 22.5. The topological polar surface area (TPSA) is 49.6 Å². The van der Waals surface area contributed by atoms with E-state index in [9.17, 15) is 4.79 Å². The molecule has 0 atom stereocenters. The first kappa shape index (κ1) is 15.5. The SMILES string of the molecule is CSc1cccc2sc(N3CCN(C(=O)c4ccco4)CC3)nc12. The summed E-state index contributed by atoms with van der Waals surface area (Å²) in [6.45, 7) is 2.96. The number of furan rings is 1. The minimum atomic E-state index is -0.0337. The molecule has 1 aliphatic heterocycles. The Morgan fingerprint density at radius 2 is 2.04 bits per heavy atom. The maximum absolute atomic E-state index is 12.3. The predicted molar refractivity (Wildman–Crippen MR) is 98.2 cm³/mol. The summed E-state index contributed by atoms with van der Waals surface area (Å²) in [6, 6.07) is 9.76. The summed E-state index contributed by atoms with van der Waals surface area (Å²) in [5, 5.41) is 1.04. The van der Waals surface area contributed by atoms with Gasteiger partial charge in [-0.05, 0) is 30.5 Å². The molecular formula is C17H17N3O2S2. The fourth-order valence-electron chi connectivity index (χ4n) is 2.87. The Morgan fingerprint density at radius 3 is 2.75 bits per heavy atom. The second-order valence-corrected chi connectivity index (χ2v) is 7.42. The van der Waals surface area contributed by atoms with E-state index in [2.05, 4.69) is 29.4 Å². The van der Waals surface area contributed by atoms with Gasteiger partial charge in [0.05, 0.1) is 16.5 Å². The van der Waals surface area contributed by atoms with Crippen molar-refractivity contribution in [1.29, 1.82) is 0 Å². The van der Waals surface area contributed by atoms with Crippen LogP contribution in [0, 0.1) is 0 Å². The molecule has 1 saturated heterocycles. The summed E-state index contributed by atoms with van der Waals surface area (Å²) in [7, 11) is 0. The number of hydrogen-bond donors (Lipinski definition) is 0. The smallest absolute Gasteiger partial charge is 0.289 e. The van der Waals surface area contributed by atoms with Gasteiger partial charge >= 0.3 is 0 Å². The predicted octanol–water partition coefficient (Wildman–Crippen LogP) is 3.57. The van der Waals surface area contributed by atoms with Gasteiger partial charge in [0.15, 0.2) is 10.9 Å². The molecule has 1 aliphatic rings. The van der Waals surface area contributed by atoms with E-state index in [1.54, 1.807) is 35.2 Å². The molecule has 3 aromatic rings. The van der Waals surface area contributed by atoms with Gasteiger partial charge in [0.2, 0.25) is 0 Å². The van der Waals surface area contributed by atoms with E-state index >= 15 is 0 Å². The highest BCUT2D eigenvalue weighted by atomic mass is 32.2. The van der Waals surface area contributed by atoms with Crippen LogP contribution in [0.5, 0.6) is 0 Å². The lowest BCUT2D eigenvalue weighted by Crippen LogP contribution is -2.48. The number of para-hydroxylation sites is 1. The molecule has 0 aliphatic carbocycles. The molecule has 0 spiro atoms. The van der Waals surface area contributed by atoms with Gasteiger partial charge < -0.3 is 14.2 Å². The maximum Gasteiger partial charge on any atom is 0.289 e. The molecule has 7 heteroatoms. The zero-order valence-electron chi connectivity index (χ0n) is 13.3. The first-order valence-corrected chi connectivity index (χ1v) is 9.81. The minimum absolute atomic E-state index is 0.0337. The molecule has 1 fully saturated rings. The first-order chi connectivity index (χ1) is 11.8. The number of carbonyl (C=O) groups is 1.